The molecular weight excluding hydrogens is 254 g/mol. The van der Waals surface area contributed by atoms with Gasteiger partial charge in [-0.25, -0.2) is 0 Å². The predicted octanol–water partition coefficient (Wildman–Crippen LogP) is 0.798. The Balaban J connectivity index is 1.69. The second-order valence-electron chi connectivity index (χ2n) is 6.57. The van der Waals surface area contributed by atoms with Gasteiger partial charge in [0.25, 0.3) is 0 Å². The molecule has 20 heavy (non-hydrogen) atoms. The molecule has 1 aliphatic carbocycles. The number of carbonyl (C=O) groups is 1. The Morgan fingerprint density at radius 2 is 2.15 bits per heavy atom. The molecule has 2 unspecified atom stereocenters. The zero-order chi connectivity index (χ0) is 14.2. The quantitative estimate of drug-likeness (QED) is 0.831. The van der Waals surface area contributed by atoms with Crippen molar-refractivity contribution in [3.05, 3.63) is 0 Å². The van der Waals surface area contributed by atoms with Crippen molar-refractivity contribution < 1.29 is 9.53 Å². The molecule has 0 bridgehead atoms. The van der Waals surface area contributed by atoms with Gasteiger partial charge in [0.1, 0.15) is 0 Å². The molecule has 0 aromatic rings. The van der Waals surface area contributed by atoms with Gasteiger partial charge in [0.2, 0.25) is 5.91 Å². The Morgan fingerprint density at radius 3 is 2.80 bits per heavy atom. The minimum absolute atomic E-state index is 0.158. The van der Waals surface area contributed by atoms with E-state index < -0.39 is 0 Å². The van der Waals surface area contributed by atoms with E-state index in [2.05, 4.69) is 29.1 Å². The first-order valence-electron chi connectivity index (χ1n) is 8.03. The van der Waals surface area contributed by atoms with Crippen LogP contribution >= 0.6 is 0 Å². The normalized spacial score (nSPS) is 34.3. The van der Waals surface area contributed by atoms with E-state index in [9.17, 15) is 4.79 Å². The predicted molar refractivity (Wildman–Crippen MR) is 77.4 cm³/mol. The van der Waals surface area contributed by atoms with Crippen molar-refractivity contribution in [2.24, 2.45) is 0 Å². The number of hydrogen-bond acceptors (Lipinski definition) is 4. The van der Waals surface area contributed by atoms with E-state index in [0.717, 1.165) is 45.5 Å². The number of rotatable bonds is 3. The second kappa shape index (κ2) is 5.62. The van der Waals surface area contributed by atoms with Gasteiger partial charge in [-0.15, -0.1) is 0 Å². The highest BCUT2D eigenvalue weighted by Gasteiger charge is 2.52. The number of morpholine rings is 1. The van der Waals surface area contributed by atoms with Gasteiger partial charge in [-0.3, -0.25) is 10.1 Å². The lowest BCUT2D eigenvalue weighted by Crippen LogP contribution is -2.49. The van der Waals surface area contributed by atoms with Crippen LogP contribution in [0.25, 0.3) is 0 Å². The average molecular weight is 281 g/mol. The van der Waals surface area contributed by atoms with Crippen molar-refractivity contribution in [2.45, 2.75) is 56.8 Å². The fourth-order valence-electron chi connectivity index (χ4n) is 3.94. The number of carbonyl (C=O) groups excluding carboxylic acids is 1. The fraction of sp³-hybridized carbons (Fsp3) is 0.933. The summed E-state index contributed by atoms with van der Waals surface area (Å²) >= 11 is 0. The Morgan fingerprint density at radius 1 is 1.40 bits per heavy atom. The molecule has 1 saturated carbocycles. The zero-order valence-corrected chi connectivity index (χ0v) is 12.7. The minimum Gasteiger partial charge on any atom is -0.374 e. The summed E-state index contributed by atoms with van der Waals surface area (Å²) in [4.78, 5) is 17.2. The van der Waals surface area contributed by atoms with Gasteiger partial charge in [-0.2, -0.15) is 0 Å². The molecule has 114 valence electrons. The lowest BCUT2D eigenvalue weighted by molar-refractivity contribution is -0.136. The van der Waals surface area contributed by atoms with E-state index in [4.69, 9.17) is 4.74 Å². The first-order chi connectivity index (χ1) is 9.64. The minimum atomic E-state index is -0.249. The van der Waals surface area contributed by atoms with E-state index in [1.807, 2.05) is 0 Å². The lowest BCUT2D eigenvalue weighted by Gasteiger charge is -2.34. The molecule has 3 aliphatic rings. The summed E-state index contributed by atoms with van der Waals surface area (Å²) in [7, 11) is 2.12. The maximum atomic E-state index is 12.8. The van der Waals surface area contributed by atoms with Crippen LogP contribution in [0.15, 0.2) is 0 Å². The van der Waals surface area contributed by atoms with E-state index >= 15 is 0 Å². The SMILES string of the molecule is CCC1NC2(CCCC2)C(=O)N1CC1CN(C)CCO1. The summed E-state index contributed by atoms with van der Waals surface area (Å²) in [5, 5.41) is 3.62. The number of nitrogens with zero attached hydrogens (tertiary/aromatic N) is 2. The topological polar surface area (TPSA) is 44.8 Å². The summed E-state index contributed by atoms with van der Waals surface area (Å²) in [6.45, 7) is 5.58. The fourth-order valence-corrected chi connectivity index (χ4v) is 3.94. The molecule has 2 heterocycles. The molecule has 1 amide bonds. The first-order valence-corrected chi connectivity index (χ1v) is 8.03. The summed E-state index contributed by atoms with van der Waals surface area (Å²) in [6, 6.07) is 0. The van der Waals surface area contributed by atoms with E-state index in [0.29, 0.717) is 5.91 Å². The van der Waals surface area contributed by atoms with Crippen LogP contribution in [0.2, 0.25) is 0 Å². The largest absolute Gasteiger partial charge is 0.374 e. The summed E-state index contributed by atoms with van der Waals surface area (Å²) in [5.41, 5.74) is -0.249. The number of nitrogens with one attached hydrogen (secondary N) is 1. The molecule has 2 atom stereocenters. The number of likely N-dealkylation sites (N-methyl/N-ethyl adjacent to an activating group) is 1. The van der Waals surface area contributed by atoms with Crippen molar-refractivity contribution in [2.75, 3.05) is 33.3 Å². The summed E-state index contributed by atoms with van der Waals surface area (Å²) in [5.74, 6) is 0.318. The van der Waals surface area contributed by atoms with Gasteiger partial charge in [0.05, 0.1) is 24.4 Å². The molecule has 0 radical (unpaired) electrons. The summed E-state index contributed by atoms with van der Waals surface area (Å²) in [6.07, 6.45) is 5.67. The first kappa shape index (κ1) is 14.3. The highest BCUT2D eigenvalue weighted by molar-refractivity contribution is 5.89. The van der Waals surface area contributed by atoms with Gasteiger partial charge in [0, 0.05) is 19.6 Å². The smallest absolute Gasteiger partial charge is 0.244 e. The van der Waals surface area contributed by atoms with Crippen LogP contribution in [0.5, 0.6) is 0 Å². The van der Waals surface area contributed by atoms with Crippen LogP contribution in [0.3, 0.4) is 0 Å². The third kappa shape index (κ3) is 2.47. The van der Waals surface area contributed by atoms with Gasteiger partial charge in [0.15, 0.2) is 0 Å². The van der Waals surface area contributed by atoms with Gasteiger partial charge >= 0.3 is 0 Å². The van der Waals surface area contributed by atoms with Crippen LogP contribution in [0, 0.1) is 0 Å². The Hall–Kier alpha value is -0.650. The molecule has 3 fully saturated rings. The maximum absolute atomic E-state index is 12.8. The maximum Gasteiger partial charge on any atom is 0.244 e. The average Bonchev–Trinajstić information content (AvgIpc) is 3.00. The van der Waals surface area contributed by atoms with Crippen LogP contribution in [0.1, 0.15) is 39.0 Å². The molecule has 1 spiro atoms. The van der Waals surface area contributed by atoms with Crippen molar-refractivity contribution in [3.63, 3.8) is 0 Å². The van der Waals surface area contributed by atoms with Crippen LogP contribution in [0.4, 0.5) is 0 Å². The lowest BCUT2D eigenvalue weighted by atomic mass is 9.98. The van der Waals surface area contributed by atoms with Crippen LogP contribution in [-0.4, -0.2) is 66.8 Å². The van der Waals surface area contributed by atoms with E-state index in [1.54, 1.807) is 0 Å². The molecule has 2 saturated heterocycles. The molecule has 0 aromatic heterocycles. The zero-order valence-electron chi connectivity index (χ0n) is 12.7. The Labute approximate surface area is 121 Å². The van der Waals surface area contributed by atoms with Crippen molar-refractivity contribution in [1.29, 1.82) is 0 Å². The number of amides is 1. The van der Waals surface area contributed by atoms with Crippen LogP contribution in [-0.2, 0) is 9.53 Å². The van der Waals surface area contributed by atoms with Crippen molar-refractivity contribution >= 4 is 5.91 Å². The van der Waals surface area contributed by atoms with Crippen molar-refractivity contribution in [3.8, 4) is 0 Å². The van der Waals surface area contributed by atoms with E-state index in [1.165, 1.54) is 12.8 Å². The third-order valence-electron chi connectivity index (χ3n) is 5.08. The molecule has 5 heteroatoms. The second-order valence-corrected chi connectivity index (χ2v) is 6.57. The highest BCUT2D eigenvalue weighted by atomic mass is 16.5. The number of hydrogen-bond donors (Lipinski definition) is 1. The number of ether oxygens (including phenoxy) is 1. The highest BCUT2D eigenvalue weighted by Crippen LogP contribution is 2.37. The third-order valence-corrected chi connectivity index (χ3v) is 5.08. The van der Waals surface area contributed by atoms with Gasteiger partial charge < -0.3 is 14.5 Å². The molecule has 2 aliphatic heterocycles. The van der Waals surface area contributed by atoms with E-state index in [-0.39, 0.29) is 17.8 Å². The van der Waals surface area contributed by atoms with Gasteiger partial charge in [-0.05, 0) is 26.3 Å². The van der Waals surface area contributed by atoms with Crippen molar-refractivity contribution in [1.82, 2.24) is 15.1 Å². The standard InChI is InChI=1S/C15H27N3O2/c1-3-13-16-15(6-4-5-7-15)14(19)18(13)11-12-10-17(2)8-9-20-12/h12-13,16H,3-11H2,1-2H3. The molecular formula is C15H27N3O2. The van der Waals surface area contributed by atoms with Crippen LogP contribution < -0.4 is 5.32 Å². The Kier molecular flexibility index (Phi) is 4.02. The summed E-state index contributed by atoms with van der Waals surface area (Å²) < 4.78 is 5.84. The molecule has 5 nitrogen and oxygen atoms in total. The van der Waals surface area contributed by atoms with Gasteiger partial charge in [-0.1, -0.05) is 19.8 Å². The molecule has 0 aromatic carbocycles. The molecule has 3 rings (SSSR count). The monoisotopic (exact) mass is 281 g/mol. The Bertz CT molecular complexity index is 368. The molecule has 1 N–H and O–H groups in total.